The van der Waals surface area contributed by atoms with Crippen molar-refractivity contribution in [2.75, 3.05) is 0 Å². The number of alkyl halides is 1. The van der Waals surface area contributed by atoms with E-state index in [1.165, 1.54) is 18.2 Å². The molecule has 8 heteroatoms. The number of carbonyl (C=O) groups excluding carboxylic acids is 1. The minimum atomic E-state index is -4.72. The number of esters is 1. The summed E-state index contributed by atoms with van der Waals surface area (Å²) in [5.41, 5.74) is 0. The number of hydrogen-bond acceptors (Lipinski definition) is 5. The Balaban J connectivity index is 0.00000441. The Morgan fingerprint density at radius 3 is 2.41 bits per heavy atom. The fourth-order valence-corrected chi connectivity index (χ4v) is 2.59. The monoisotopic (exact) mass is 356 g/mol. The molecule has 0 bridgehead atoms. The molecule has 118 valence electrons. The Hall–Kier alpha value is -0.110. The van der Waals surface area contributed by atoms with E-state index in [2.05, 4.69) is 0 Å². The molecule has 0 amide bonds. The average Bonchev–Trinajstić information content (AvgIpc) is 2.44. The molecular formula is C14H18ClNaO5S. The summed E-state index contributed by atoms with van der Waals surface area (Å²) >= 11 is 6.27. The van der Waals surface area contributed by atoms with E-state index in [-0.39, 0.29) is 35.3 Å². The first-order valence-electron chi connectivity index (χ1n) is 6.70. The normalized spacial score (nSPS) is 13.8. The molecule has 0 fully saturated rings. The van der Waals surface area contributed by atoms with E-state index in [4.69, 9.17) is 16.3 Å². The van der Waals surface area contributed by atoms with Gasteiger partial charge in [-0.05, 0) is 25.0 Å². The van der Waals surface area contributed by atoms with Crippen molar-refractivity contribution in [3.05, 3.63) is 24.3 Å². The Morgan fingerprint density at radius 1 is 1.32 bits per heavy atom. The van der Waals surface area contributed by atoms with Crippen LogP contribution in [0.3, 0.4) is 0 Å². The topological polar surface area (TPSA) is 83.5 Å². The molecule has 1 unspecified atom stereocenters. The summed E-state index contributed by atoms with van der Waals surface area (Å²) in [4.78, 5) is 10.4. The standard InChI is InChI=1S/C14H19ClO5S.Na/c1-3-5-10-14(15,4-2)13(16)20-11-8-6-7-9-12(11)21(17,18)19;/h6-9H,3-5,10H2,1-2H3,(H,17,18,19);/q;+1/p-1. The molecule has 1 aromatic rings. The van der Waals surface area contributed by atoms with Crippen molar-refractivity contribution in [2.45, 2.75) is 49.3 Å². The van der Waals surface area contributed by atoms with Gasteiger partial charge in [0.25, 0.3) is 0 Å². The van der Waals surface area contributed by atoms with Crippen LogP contribution >= 0.6 is 11.6 Å². The van der Waals surface area contributed by atoms with Crippen LogP contribution in [0.2, 0.25) is 0 Å². The van der Waals surface area contributed by atoms with Gasteiger partial charge in [-0.1, -0.05) is 38.8 Å². The fraction of sp³-hybridized carbons (Fsp3) is 0.500. The van der Waals surface area contributed by atoms with E-state index in [0.29, 0.717) is 12.8 Å². The van der Waals surface area contributed by atoms with Gasteiger partial charge in [0.1, 0.15) is 20.7 Å². The minimum Gasteiger partial charge on any atom is -0.744 e. The Kier molecular flexibility index (Phi) is 9.20. The van der Waals surface area contributed by atoms with E-state index in [1.54, 1.807) is 6.92 Å². The average molecular weight is 357 g/mol. The first-order valence-corrected chi connectivity index (χ1v) is 8.49. The summed E-state index contributed by atoms with van der Waals surface area (Å²) in [5, 5.41) is 0. The number of unbranched alkanes of at least 4 members (excludes halogenated alkanes) is 1. The Bertz CT molecular complexity index is 605. The second-order valence-electron chi connectivity index (χ2n) is 4.71. The maximum Gasteiger partial charge on any atom is 1.00 e. The predicted molar refractivity (Wildman–Crippen MR) is 78.4 cm³/mol. The Morgan fingerprint density at radius 2 is 1.91 bits per heavy atom. The molecule has 0 aliphatic heterocycles. The maximum absolute atomic E-state index is 12.2. The van der Waals surface area contributed by atoms with Crippen LogP contribution in [0.15, 0.2) is 29.2 Å². The smallest absolute Gasteiger partial charge is 0.744 e. The second kappa shape index (κ2) is 9.25. The zero-order valence-electron chi connectivity index (χ0n) is 13.0. The number of hydrogen-bond donors (Lipinski definition) is 0. The molecule has 0 heterocycles. The largest absolute Gasteiger partial charge is 1.00 e. The third-order valence-corrected chi connectivity index (χ3v) is 4.66. The number of rotatable bonds is 7. The van der Waals surface area contributed by atoms with Crippen molar-refractivity contribution in [1.82, 2.24) is 0 Å². The molecule has 0 aliphatic carbocycles. The molecule has 0 saturated carbocycles. The van der Waals surface area contributed by atoms with Gasteiger partial charge in [0, 0.05) is 0 Å². The van der Waals surface area contributed by atoms with Gasteiger partial charge >= 0.3 is 35.5 Å². The van der Waals surface area contributed by atoms with Crippen molar-refractivity contribution < 1.29 is 52.1 Å². The molecule has 0 aliphatic rings. The molecule has 0 spiro atoms. The summed E-state index contributed by atoms with van der Waals surface area (Å²) < 4.78 is 38.5. The van der Waals surface area contributed by atoms with Crippen LogP contribution in [0.25, 0.3) is 0 Å². The van der Waals surface area contributed by atoms with E-state index >= 15 is 0 Å². The number of benzene rings is 1. The molecule has 22 heavy (non-hydrogen) atoms. The SMILES string of the molecule is CCCCC(Cl)(CC)C(=O)Oc1ccccc1S(=O)(=O)[O-].[Na+]. The van der Waals surface area contributed by atoms with Crippen LogP contribution in [0.5, 0.6) is 5.75 Å². The van der Waals surface area contributed by atoms with Gasteiger partial charge in [0.15, 0.2) is 0 Å². The first kappa shape index (κ1) is 21.9. The van der Waals surface area contributed by atoms with Crippen molar-refractivity contribution in [2.24, 2.45) is 0 Å². The van der Waals surface area contributed by atoms with Crippen LogP contribution in [-0.2, 0) is 14.9 Å². The number of carbonyl (C=O) groups is 1. The van der Waals surface area contributed by atoms with Crippen LogP contribution in [0.1, 0.15) is 39.5 Å². The molecule has 0 N–H and O–H groups in total. The van der Waals surface area contributed by atoms with Crippen molar-refractivity contribution >= 4 is 27.7 Å². The van der Waals surface area contributed by atoms with Crippen molar-refractivity contribution in [1.29, 1.82) is 0 Å². The van der Waals surface area contributed by atoms with E-state index in [1.807, 2.05) is 6.92 Å². The van der Waals surface area contributed by atoms with Crippen LogP contribution < -0.4 is 34.3 Å². The molecule has 0 radical (unpaired) electrons. The summed E-state index contributed by atoms with van der Waals surface area (Å²) in [6.07, 6.45) is 2.38. The Labute approximate surface area is 158 Å². The van der Waals surface area contributed by atoms with Crippen LogP contribution in [-0.4, -0.2) is 23.8 Å². The molecule has 1 aromatic carbocycles. The summed E-state index contributed by atoms with van der Waals surface area (Å²) in [5.74, 6) is -1.02. The first-order chi connectivity index (χ1) is 9.74. The molecule has 0 aromatic heterocycles. The number of halogens is 1. The zero-order valence-corrected chi connectivity index (χ0v) is 16.5. The number of ether oxygens (including phenoxy) is 1. The van der Waals surface area contributed by atoms with Crippen molar-refractivity contribution in [3.63, 3.8) is 0 Å². The van der Waals surface area contributed by atoms with Crippen LogP contribution in [0.4, 0.5) is 0 Å². The molecule has 0 saturated heterocycles. The maximum atomic E-state index is 12.2. The summed E-state index contributed by atoms with van der Waals surface area (Å²) in [6, 6.07) is 5.21. The third-order valence-electron chi connectivity index (χ3n) is 3.17. The van der Waals surface area contributed by atoms with Gasteiger partial charge in [-0.25, -0.2) is 13.2 Å². The van der Waals surface area contributed by atoms with Crippen molar-refractivity contribution in [3.8, 4) is 5.75 Å². The summed E-state index contributed by atoms with van der Waals surface area (Å²) in [6.45, 7) is 3.72. The molecule has 5 nitrogen and oxygen atoms in total. The van der Waals surface area contributed by atoms with E-state index in [0.717, 1.165) is 18.9 Å². The molecule has 1 atom stereocenters. The van der Waals surface area contributed by atoms with E-state index < -0.39 is 25.9 Å². The third kappa shape index (κ3) is 5.83. The number of para-hydroxylation sites is 1. The predicted octanol–water partition coefficient (Wildman–Crippen LogP) is 0.0779. The zero-order chi connectivity index (χ0) is 16.1. The van der Waals surface area contributed by atoms with Gasteiger partial charge in [-0.2, -0.15) is 0 Å². The molecular weight excluding hydrogens is 339 g/mol. The molecule has 1 rings (SSSR count). The quantitative estimate of drug-likeness (QED) is 0.227. The minimum absolute atomic E-state index is 0. The van der Waals surface area contributed by atoms with Gasteiger partial charge in [-0.3, -0.25) is 0 Å². The van der Waals surface area contributed by atoms with Crippen LogP contribution in [0, 0.1) is 0 Å². The van der Waals surface area contributed by atoms with Gasteiger partial charge in [0.2, 0.25) is 0 Å². The fourth-order valence-electron chi connectivity index (χ4n) is 1.81. The van der Waals surface area contributed by atoms with Gasteiger partial charge in [-0.15, -0.1) is 11.6 Å². The van der Waals surface area contributed by atoms with E-state index in [9.17, 15) is 17.8 Å². The second-order valence-corrected chi connectivity index (χ2v) is 6.78. The summed E-state index contributed by atoms with van der Waals surface area (Å²) in [7, 11) is -4.72. The van der Waals surface area contributed by atoms with Gasteiger partial charge < -0.3 is 9.29 Å². The van der Waals surface area contributed by atoms with Gasteiger partial charge in [0.05, 0.1) is 4.90 Å².